The minimum atomic E-state index is -0.387. The minimum Gasteiger partial charge on any atom is -0.379 e. The first kappa shape index (κ1) is 15.0. The first-order valence-electron chi connectivity index (χ1n) is 6.63. The highest BCUT2D eigenvalue weighted by molar-refractivity contribution is 7.09. The van der Waals surface area contributed by atoms with Gasteiger partial charge in [-0.2, -0.15) is 4.98 Å². The molecular formula is C12H19N5O2S. The van der Waals surface area contributed by atoms with Gasteiger partial charge in [0, 0.05) is 6.61 Å². The summed E-state index contributed by atoms with van der Waals surface area (Å²) in [5.41, 5.74) is 6.82. The van der Waals surface area contributed by atoms with Crippen molar-refractivity contribution in [3.8, 4) is 10.8 Å². The van der Waals surface area contributed by atoms with Gasteiger partial charge in [-0.15, -0.1) is 5.10 Å². The van der Waals surface area contributed by atoms with E-state index >= 15 is 0 Å². The van der Waals surface area contributed by atoms with E-state index in [1.807, 2.05) is 20.8 Å². The molecule has 7 nitrogen and oxygen atoms in total. The molecule has 2 rings (SSSR count). The van der Waals surface area contributed by atoms with E-state index in [1.54, 1.807) is 0 Å². The molecule has 0 saturated carbocycles. The van der Waals surface area contributed by atoms with Gasteiger partial charge < -0.3 is 15.0 Å². The summed E-state index contributed by atoms with van der Waals surface area (Å²) in [6, 6.07) is -0.387. The normalized spacial score (nSPS) is 13.1. The molecule has 0 radical (unpaired) electrons. The highest BCUT2D eigenvalue weighted by Crippen LogP contribution is 2.29. The summed E-state index contributed by atoms with van der Waals surface area (Å²) in [4.78, 5) is 5.13. The Labute approximate surface area is 121 Å². The maximum Gasteiger partial charge on any atom is 0.271 e. The molecule has 0 aliphatic heterocycles. The topological polar surface area (TPSA) is 100.0 Å². The average Bonchev–Trinajstić information content (AvgIpc) is 3.07. The van der Waals surface area contributed by atoms with Crippen LogP contribution in [0.5, 0.6) is 0 Å². The highest BCUT2D eigenvalue weighted by Gasteiger charge is 2.21. The lowest BCUT2D eigenvalue weighted by molar-refractivity contribution is 0.119. The van der Waals surface area contributed by atoms with Gasteiger partial charge in [0.1, 0.15) is 4.88 Å². The maximum absolute atomic E-state index is 5.96. The molecular weight excluding hydrogens is 278 g/mol. The van der Waals surface area contributed by atoms with Gasteiger partial charge in [-0.3, -0.25) is 0 Å². The highest BCUT2D eigenvalue weighted by atomic mass is 32.1. The van der Waals surface area contributed by atoms with E-state index in [-0.39, 0.29) is 12.0 Å². The van der Waals surface area contributed by atoms with Crippen molar-refractivity contribution in [2.45, 2.75) is 39.2 Å². The Kier molecular flexibility index (Phi) is 5.16. The molecule has 0 fully saturated rings. The Morgan fingerprint density at radius 2 is 2.20 bits per heavy atom. The summed E-state index contributed by atoms with van der Waals surface area (Å²) in [6.07, 6.45) is 0.953. The lowest BCUT2D eigenvalue weighted by atomic mass is 10.1. The zero-order valence-electron chi connectivity index (χ0n) is 11.9. The van der Waals surface area contributed by atoms with E-state index in [9.17, 15) is 0 Å². The minimum absolute atomic E-state index is 0.251. The maximum atomic E-state index is 5.96. The first-order chi connectivity index (χ1) is 9.63. The van der Waals surface area contributed by atoms with Gasteiger partial charge in [-0.05, 0) is 23.9 Å². The molecule has 0 bridgehead atoms. The molecule has 0 aliphatic rings. The van der Waals surface area contributed by atoms with Crippen molar-refractivity contribution < 1.29 is 9.26 Å². The second-order valence-electron chi connectivity index (χ2n) is 4.78. The van der Waals surface area contributed by atoms with Gasteiger partial charge in [0.05, 0.1) is 18.3 Å². The molecule has 1 unspecified atom stereocenters. The van der Waals surface area contributed by atoms with Gasteiger partial charge in [0.15, 0.2) is 5.82 Å². The summed E-state index contributed by atoms with van der Waals surface area (Å²) in [7, 11) is 0. The van der Waals surface area contributed by atoms with Crippen LogP contribution in [0.15, 0.2) is 4.52 Å². The number of nitrogens with two attached hydrogens (primary N) is 1. The van der Waals surface area contributed by atoms with Crippen LogP contribution in [0.1, 0.15) is 50.7 Å². The van der Waals surface area contributed by atoms with E-state index < -0.39 is 0 Å². The van der Waals surface area contributed by atoms with Crippen molar-refractivity contribution in [3.63, 3.8) is 0 Å². The second kappa shape index (κ2) is 6.87. The van der Waals surface area contributed by atoms with Crippen LogP contribution in [0.3, 0.4) is 0 Å². The molecule has 0 aromatic carbocycles. The fraction of sp³-hybridized carbons (Fsp3) is 0.667. The van der Waals surface area contributed by atoms with E-state index in [0.717, 1.165) is 17.0 Å². The van der Waals surface area contributed by atoms with Crippen molar-refractivity contribution in [2.24, 2.45) is 5.73 Å². The molecule has 1 atom stereocenters. The van der Waals surface area contributed by atoms with Gasteiger partial charge in [-0.1, -0.05) is 30.4 Å². The molecule has 0 spiro atoms. The van der Waals surface area contributed by atoms with Crippen LogP contribution in [0.4, 0.5) is 0 Å². The SMILES string of the molecule is CCCOCC(N)c1noc(-c2snnc2C(C)C)n1. The van der Waals surface area contributed by atoms with Crippen molar-refractivity contribution in [1.82, 2.24) is 19.7 Å². The number of nitrogens with zero attached hydrogens (tertiary/aromatic N) is 4. The molecule has 110 valence electrons. The Morgan fingerprint density at radius 3 is 2.90 bits per heavy atom. The third-order valence-electron chi connectivity index (χ3n) is 2.67. The Morgan fingerprint density at radius 1 is 1.40 bits per heavy atom. The van der Waals surface area contributed by atoms with Crippen molar-refractivity contribution in [1.29, 1.82) is 0 Å². The fourth-order valence-electron chi connectivity index (χ4n) is 1.63. The van der Waals surface area contributed by atoms with Crippen LogP contribution in [-0.2, 0) is 4.74 Å². The third-order valence-corrected chi connectivity index (χ3v) is 3.40. The molecule has 2 N–H and O–H groups in total. The van der Waals surface area contributed by atoms with Gasteiger partial charge >= 0.3 is 0 Å². The van der Waals surface area contributed by atoms with Crippen molar-refractivity contribution >= 4 is 11.5 Å². The number of rotatable bonds is 7. The zero-order chi connectivity index (χ0) is 14.5. The monoisotopic (exact) mass is 297 g/mol. The quantitative estimate of drug-likeness (QED) is 0.781. The third kappa shape index (κ3) is 3.38. The van der Waals surface area contributed by atoms with Crippen molar-refractivity contribution in [2.75, 3.05) is 13.2 Å². The van der Waals surface area contributed by atoms with Crippen LogP contribution in [0.25, 0.3) is 10.8 Å². The van der Waals surface area contributed by atoms with Crippen LogP contribution < -0.4 is 5.73 Å². The van der Waals surface area contributed by atoms with Gasteiger partial charge in [0.2, 0.25) is 0 Å². The van der Waals surface area contributed by atoms with Crippen LogP contribution in [-0.4, -0.2) is 32.9 Å². The zero-order valence-corrected chi connectivity index (χ0v) is 12.7. The number of hydrogen-bond acceptors (Lipinski definition) is 8. The van der Waals surface area contributed by atoms with E-state index in [2.05, 4.69) is 19.7 Å². The molecule has 2 aromatic rings. The lowest BCUT2D eigenvalue weighted by Gasteiger charge is -2.06. The molecule has 0 aliphatic carbocycles. The molecule has 0 amide bonds. The lowest BCUT2D eigenvalue weighted by Crippen LogP contribution is -2.18. The summed E-state index contributed by atoms with van der Waals surface area (Å²) in [5.74, 6) is 1.12. The van der Waals surface area contributed by atoms with E-state index in [0.29, 0.717) is 24.9 Å². The number of aromatic nitrogens is 4. The average molecular weight is 297 g/mol. The largest absolute Gasteiger partial charge is 0.379 e. The van der Waals surface area contributed by atoms with Crippen LogP contribution in [0.2, 0.25) is 0 Å². The molecule has 0 saturated heterocycles. The molecule has 20 heavy (non-hydrogen) atoms. The Hall–Kier alpha value is -1.38. The molecule has 2 heterocycles. The predicted octanol–water partition coefficient (Wildman–Crippen LogP) is 2.14. The number of ether oxygens (including phenoxy) is 1. The summed E-state index contributed by atoms with van der Waals surface area (Å²) >= 11 is 1.25. The summed E-state index contributed by atoms with van der Waals surface area (Å²) in [5, 5.41) is 8.00. The summed E-state index contributed by atoms with van der Waals surface area (Å²) < 4.78 is 14.6. The van der Waals surface area contributed by atoms with Crippen LogP contribution in [0, 0.1) is 0 Å². The molecule has 8 heteroatoms. The standard InChI is InChI=1S/C12H19N5O2S/c1-4-5-18-6-8(13)11-14-12(19-16-11)10-9(7(2)3)15-17-20-10/h7-8H,4-6,13H2,1-3H3. The van der Waals surface area contributed by atoms with Gasteiger partial charge in [-0.25, -0.2) is 0 Å². The first-order valence-corrected chi connectivity index (χ1v) is 7.40. The van der Waals surface area contributed by atoms with E-state index in [1.165, 1.54) is 11.5 Å². The van der Waals surface area contributed by atoms with Crippen molar-refractivity contribution in [3.05, 3.63) is 11.5 Å². The fourth-order valence-corrected chi connectivity index (χ4v) is 2.37. The van der Waals surface area contributed by atoms with Crippen LogP contribution >= 0.6 is 11.5 Å². The second-order valence-corrected chi connectivity index (χ2v) is 5.54. The Balaban J connectivity index is 2.10. The van der Waals surface area contributed by atoms with E-state index in [4.69, 9.17) is 15.0 Å². The number of hydrogen-bond donors (Lipinski definition) is 1. The van der Waals surface area contributed by atoms with Gasteiger partial charge in [0.25, 0.3) is 5.89 Å². The molecule has 2 aromatic heterocycles. The smallest absolute Gasteiger partial charge is 0.271 e. The summed E-state index contributed by atoms with van der Waals surface area (Å²) in [6.45, 7) is 7.19. The Bertz CT molecular complexity index is 539. The predicted molar refractivity (Wildman–Crippen MR) is 75.3 cm³/mol.